The average Bonchev–Trinajstić information content (AvgIpc) is 3.29. The van der Waals surface area contributed by atoms with Gasteiger partial charge in [-0.25, -0.2) is 0 Å². The maximum absolute atomic E-state index is 12.2. The number of carbonyl (C=O) groups excluding carboxylic acids is 2. The van der Waals surface area contributed by atoms with Gasteiger partial charge >= 0.3 is 11.9 Å². The van der Waals surface area contributed by atoms with E-state index in [1.54, 1.807) is 0 Å². The molecule has 0 fully saturated rings. The molecule has 1 atom stereocenters. The molecule has 0 spiro atoms. The zero-order valence-electron chi connectivity index (χ0n) is 39.8. The number of aliphatic hydroxyl groups is 1. The molecule has 0 rings (SSSR count). The van der Waals surface area contributed by atoms with Gasteiger partial charge < -0.3 is 14.6 Å². The van der Waals surface area contributed by atoms with E-state index in [9.17, 15) is 14.7 Å². The predicted molar refractivity (Wildman–Crippen MR) is 274 cm³/mol. The highest BCUT2D eigenvalue weighted by Gasteiger charge is 2.16. The van der Waals surface area contributed by atoms with Crippen LogP contribution in [0.3, 0.4) is 0 Å². The highest BCUT2D eigenvalue weighted by Crippen LogP contribution is 2.10. The van der Waals surface area contributed by atoms with Crippen molar-refractivity contribution in [3.63, 3.8) is 0 Å². The first kappa shape index (κ1) is 58.5. The third-order valence-electron chi connectivity index (χ3n) is 9.54. The SMILES string of the molecule is CC/C=C\C/C=C\C/C=C\C/C=C\C/C=C\C/C=C\C/C=C\C/C=C\C/C=C\C/C=C\C/C=C\C/C=C\CCCCC(=O)OC(CO)COC(=O)CCCCCCC/C=C\CCC. The lowest BCUT2D eigenvalue weighted by Gasteiger charge is -2.15. The molecule has 1 N–H and O–H groups in total. The molecule has 5 nitrogen and oxygen atoms in total. The molecule has 0 heterocycles. The van der Waals surface area contributed by atoms with E-state index in [1.165, 1.54) is 19.3 Å². The molecule has 0 aromatic rings. The number of ether oxygens (including phenoxy) is 2. The summed E-state index contributed by atoms with van der Waals surface area (Å²) in [7, 11) is 0. The van der Waals surface area contributed by atoms with Crippen molar-refractivity contribution in [1.82, 2.24) is 0 Å². The fourth-order valence-corrected chi connectivity index (χ4v) is 5.89. The zero-order valence-corrected chi connectivity index (χ0v) is 39.8. The van der Waals surface area contributed by atoms with Gasteiger partial charge in [0.1, 0.15) is 6.61 Å². The van der Waals surface area contributed by atoms with Crippen molar-refractivity contribution in [2.24, 2.45) is 0 Å². The Morgan fingerprint density at radius 3 is 1.08 bits per heavy atom. The number of aliphatic hydroxyl groups excluding tert-OH is 1. The molecule has 0 aromatic heterocycles. The van der Waals surface area contributed by atoms with Crippen LogP contribution in [0.25, 0.3) is 0 Å². The molecular formula is C58H88O5. The highest BCUT2D eigenvalue weighted by molar-refractivity contribution is 5.70. The van der Waals surface area contributed by atoms with E-state index in [2.05, 4.69) is 172 Å². The van der Waals surface area contributed by atoms with Crippen molar-refractivity contribution in [3.05, 3.63) is 158 Å². The Morgan fingerprint density at radius 2 is 0.683 bits per heavy atom. The number of allylic oxidation sites excluding steroid dienone is 26. The second kappa shape index (κ2) is 51.9. The summed E-state index contributed by atoms with van der Waals surface area (Å²) in [6.07, 6.45) is 80.6. The average molecular weight is 865 g/mol. The van der Waals surface area contributed by atoms with E-state index in [4.69, 9.17) is 9.47 Å². The van der Waals surface area contributed by atoms with Crippen LogP contribution >= 0.6 is 0 Å². The van der Waals surface area contributed by atoms with Gasteiger partial charge in [0.25, 0.3) is 0 Å². The van der Waals surface area contributed by atoms with E-state index in [-0.39, 0.29) is 31.6 Å². The number of esters is 2. The molecule has 63 heavy (non-hydrogen) atoms. The fourth-order valence-electron chi connectivity index (χ4n) is 5.89. The van der Waals surface area contributed by atoms with E-state index in [1.807, 2.05) is 0 Å². The van der Waals surface area contributed by atoms with Gasteiger partial charge in [-0.3, -0.25) is 9.59 Å². The lowest BCUT2D eigenvalue weighted by atomic mass is 10.1. The smallest absolute Gasteiger partial charge is 0.306 e. The quantitative estimate of drug-likeness (QED) is 0.0376. The van der Waals surface area contributed by atoms with Crippen LogP contribution in [-0.2, 0) is 19.1 Å². The minimum atomic E-state index is -0.808. The lowest BCUT2D eigenvalue weighted by molar-refractivity contribution is -0.161. The van der Waals surface area contributed by atoms with Crippen molar-refractivity contribution < 1.29 is 24.2 Å². The summed E-state index contributed by atoms with van der Waals surface area (Å²) in [5.74, 6) is -0.671. The molecule has 0 aliphatic rings. The van der Waals surface area contributed by atoms with Gasteiger partial charge in [0.2, 0.25) is 0 Å². The molecule has 1 unspecified atom stereocenters. The molecule has 0 saturated carbocycles. The number of unbranched alkanes of at least 4 members (excludes halogenated alkanes) is 8. The minimum Gasteiger partial charge on any atom is -0.462 e. The largest absolute Gasteiger partial charge is 0.462 e. The van der Waals surface area contributed by atoms with Gasteiger partial charge in [0.15, 0.2) is 6.10 Å². The molecular weight excluding hydrogens is 777 g/mol. The van der Waals surface area contributed by atoms with Gasteiger partial charge in [-0.15, -0.1) is 0 Å². The maximum atomic E-state index is 12.2. The predicted octanol–water partition coefficient (Wildman–Crippen LogP) is 16.5. The Balaban J connectivity index is 3.73. The Labute approximate surface area is 386 Å². The lowest BCUT2D eigenvalue weighted by Crippen LogP contribution is -2.28. The van der Waals surface area contributed by atoms with Crippen LogP contribution in [0.15, 0.2) is 158 Å². The molecule has 0 saturated heterocycles. The van der Waals surface area contributed by atoms with Gasteiger partial charge in [-0.1, -0.05) is 198 Å². The summed E-state index contributed by atoms with van der Waals surface area (Å²) in [6.45, 7) is 3.89. The molecule has 350 valence electrons. The van der Waals surface area contributed by atoms with Crippen LogP contribution in [0.1, 0.15) is 174 Å². The Morgan fingerprint density at radius 1 is 0.381 bits per heavy atom. The minimum absolute atomic E-state index is 0.0983. The van der Waals surface area contributed by atoms with Crippen LogP contribution in [0.5, 0.6) is 0 Å². The van der Waals surface area contributed by atoms with E-state index in [0.717, 1.165) is 122 Å². The molecule has 0 aliphatic heterocycles. The van der Waals surface area contributed by atoms with Crippen molar-refractivity contribution in [3.8, 4) is 0 Å². The summed E-state index contributed by atoms with van der Waals surface area (Å²) >= 11 is 0. The van der Waals surface area contributed by atoms with Crippen molar-refractivity contribution in [1.29, 1.82) is 0 Å². The van der Waals surface area contributed by atoms with Crippen LogP contribution in [0, 0.1) is 0 Å². The van der Waals surface area contributed by atoms with Crippen molar-refractivity contribution in [2.75, 3.05) is 13.2 Å². The molecule has 0 amide bonds. The van der Waals surface area contributed by atoms with Crippen LogP contribution in [0.2, 0.25) is 0 Å². The topological polar surface area (TPSA) is 72.8 Å². The third kappa shape index (κ3) is 50.0. The van der Waals surface area contributed by atoms with Gasteiger partial charge in [-0.05, 0) is 122 Å². The normalized spacial score (nSPS) is 13.6. The highest BCUT2D eigenvalue weighted by atomic mass is 16.6. The third-order valence-corrected chi connectivity index (χ3v) is 9.54. The molecule has 0 aliphatic carbocycles. The standard InChI is InChI=1S/C58H88O5/c1-3-5-7-9-11-13-15-16-17-18-19-20-21-22-23-24-25-26-27-28-29-30-31-32-33-34-35-36-37-38-39-40-41-42-43-45-47-49-51-53-58(61)63-56(54-59)55-62-57(60)52-50-48-46-44-14-12-10-8-6-4-2/h5,7-8,10-11,13,16-17,19-20,22-23,25-26,28-29,31-32,34-35,37-38,40-41,43,45,56,59H,3-4,6,9,12,14-15,18,21,24,27,30,33,36,39,42,44,46-55H2,1-2H3/b7-5-,10-8-,13-11-,17-16-,20-19-,23-22-,26-25-,29-28-,32-31-,35-34-,38-37-,41-40-,45-43-. The summed E-state index contributed by atoms with van der Waals surface area (Å²) < 4.78 is 10.6. The molecule has 0 radical (unpaired) electrons. The molecule has 0 aromatic carbocycles. The van der Waals surface area contributed by atoms with Crippen LogP contribution in [-0.4, -0.2) is 36.4 Å². The number of hydrogen-bond acceptors (Lipinski definition) is 5. The summed E-state index contributed by atoms with van der Waals surface area (Å²) in [6, 6.07) is 0. The zero-order chi connectivity index (χ0) is 45.6. The number of carbonyl (C=O) groups is 2. The van der Waals surface area contributed by atoms with E-state index >= 15 is 0 Å². The van der Waals surface area contributed by atoms with Crippen molar-refractivity contribution in [2.45, 2.75) is 180 Å². The van der Waals surface area contributed by atoms with Crippen LogP contribution in [0.4, 0.5) is 0 Å². The first-order valence-electron chi connectivity index (χ1n) is 24.5. The van der Waals surface area contributed by atoms with Crippen molar-refractivity contribution >= 4 is 11.9 Å². The molecule has 0 bridgehead atoms. The molecule has 5 heteroatoms. The van der Waals surface area contributed by atoms with Gasteiger partial charge in [-0.2, -0.15) is 0 Å². The summed E-state index contributed by atoms with van der Waals surface area (Å²) in [5, 5.41) is 9.56. The van der Waals surface area contributed by atoms with Gasteiger partial charge in [0.05, 0.1) is 6.61 Å². The Hall–Kier alpha value is -4.48. The first-order valence-corrected chi connectivity index (χ1v) is 24.5. The first-order chi connectivity index (χ1) is 31.1. The maximum Gasteiger partial charge on any atom is 0.306 e. The monoisotopic (exact) mass is 865 g/mol. The Kier molecular flexibility index (Phi) is 48.2. The van der Waals surface area contributed by atoms with Gasteiger partial charge in [0, 0.05) is 12.8 Å². The summed E-state index contributed by atoms with van der Waals surface area (Å²) in [4.78, 5) is 24.2. The fraction of sp³-hybridized carbons (Fsp3) is 0.517. The Bertz CT molecular complexity index is 1440. The number of hydrogen-bond donors (Lipinski definition) is 1. The van der Waals surface area contributed by atoms with E-state index < -0.39 is 6.10 Å². The van der Waals surface area contributed by atoms with E-state index in [0.29, 0.717) is 12.8 Å². The second-order valence-electron chi connectivity index (χ2n) is 15.4. The number of rotatable bonds is 42. The van der Waals surface area contributed by atoms with Crippen LogP contribution < -0.4 is 0 Å². The second-order valence-corrected chi connectivity index (χ2v) is 15.4. The summed E-state index contributed by atoms with van der Waals surface area (Å²) in [5.41, 5.74) is 0.